The monoisotopic (exact) mass is 274 g/mol. The van der Waals surface area contributed by atoms with E-state index in [9.17, 15) is 4.79 Å². The summed E-state index contributed by atoms with van der Waals surface area (Å²) in [7, 11) is 0. The first-order valence-corrected chi connectivity index (χ1v) is 6.64. The predicted octanol–water partition coefficient (Wildman–Crippen LogP) is 3.50. The summed E-state index contributed by atoms with van der Waals surface area (Å²) >= 11 is 0. The van der Waals surface area contributed by atoms with Gasteiger partial charge in [0.15, 0.2) is 0 Å². The fourth-order valence-electron chi connectivity index (χ4n) is 2.00. The van der Waals surface area contributed by atoms with Crippen LogP contribution < -0.4 is 5.32 Å². The second-order valence-corrected chi connectivity index (χ2v) is 4.67. The zero-order chi connectivity index (χ0) is 14.5. The molecule has 0 aliphatic heterocycles. The molecule has 0 bridgehead atoms. The topological polar surface area (TPSA) is 75.4 Å². The van der Waals surface area contributed by atoms with Gasteiger partial charge in [0.05, 0.1) is 17.9 Å². The van der Waals surface area contributed by atoms with Crippen LogP contribution in [0.3, 0.4) is 0 Å². The van der Waals surface area contributed by atoms with Gasteiger partial charge in [-0.05, 0) is 37.6 Å². The number of nitrogens with one attached hydrogen (secondary N) is 1. The number of carbonyl (C=O) groups is 1. The highest BCUT2D eigenvalue weighted by Gasteiger charge is 2.12. The highest BCUT2D eigenvalue weighted by molar-refractivity contribution is 5.88. The predicted molar refractivity (Wildman–Crippen MR) is 75.9 cm³/mol. The Bertz CT molecular complexity index is 579. The van der Waals surface area contributed by atoms with Crippen molar-refractivity contribution in [1.29, 1.82) is 0 Å². The summed E-state index contributed by atoms with van der Waals surface area (Å²) in [6.45, 7) is 3.97. The summed E-state index contributed by atoms with van der Waals surface area (Å²) in [5.41, 5.74) is 1.03. The molecule has 2 aromatic heterocycles. The van der Waals surface area contributed by atoms with Crippen LogP contribution in [0.4, 0.5) is 5.82 Å². The van der Waals surface area contributed by atoms with Gasteiger partial charge in [-0.1, -0.05) is 13.3 Å². The average molecular weight is 274 g/mol. The van der Waals surface area contributed by atoms with Gasteiger partial charge in [-0.25, -0.2) is 9.78 Å². The molecule has 1 atom stereocenters. The van der Waals surface area contributed by atoms with Gasteiger partial charge in [0, 0.05) is 5.69 Å². The van der Waals surface area contributed by atoms with E-state index < -0.39 is 5.97 Å². The van der Waals surface area contributed by atoms with Gasteiger partial charge < -0.3 is 14.8 Å². The fraction of sp³-hybridized carbons (Fsp3) is 0.333. The zero-order valence-corrected chi connectivity index (χ0v) is 11.6. The van der Waals surface area contributed by atoms with Crippen molar-refractivity contribution in [1.82, 2.24) is 4.98 Å². The lowest BCUT2D eigenvalue weighted by Gasteiger charge is -2.13. The van der Waals surface area contributed by atoms with Gasteiger partial charge in [0.25, 0.3) is 0 Å². The number of carboxylic acids is 1. The second kappa shape index (κ2) is 6.23. The SMILES string of the molecule is CCCc1cc(C(=O)O)cc(NC(C)c2ccco2)n1. The summed E-state index contributed by atoms with van der Waals surface area (Å²) in [5.74, 6) is 0.389. The Morgan fingerprint density at radius 2 is 2.30 bits per heavy atom. The molecule has 2 heterocycles. The molecule has 20 heavy (non-hydrogen) atoms. The first kappa shape index (κ1) is 14.1. The minimum Gasteiger partial charge on any atom is -0.478 e. The molecule has 0 radical (unpaired) electrons. The van der Waals surface area contributed by atoms with Crippen LogP contribution in [-0.4, -0.2) is 16.1 Å². The molecule has 2 N–H and O–H groups in total. The Kier molecular flexibility index (Phi) is 4.40. The first-order chi connectivity index (χ1) is 9.60. The number of aromatic carboxylic acids is 1. The number of aryl methyl sites for hydroxylation is 1. The lowest BCUT2D eigenvalue weighted by Crippen LogP contribution is -2.10. The summed E-state index contributed by atoms with van der Waals surface area (Å²) in [6, 6.07) is 6.77. The Morgan fingerprint density at radius 1 is 1.50 bits per heavy atom. The molecular weight excluding hydrogens is 256 g/mol. The molecule has 0 saturated heterocycles. The number of furan rings is 1. The number of anilines is 1. The molecule has 1 unspecified atom stereocenters. The molecule has 0 amide bonds. The number of pyridine rings is 1. The number of carboxylic acid groups (broad SMARTS) is 1. The Hall–Kier alpha value is -2.30. The van der Waals surface area contributed by atoms with Crippen molar-refractivity contribution in [3.8, 4) is 0 Å². The van der Waals surface area contributed by atoms with Gasteiger partial charge in [-0.2, -0.15) is 0 Å². The molecule has 2 aromatic rings. The van der Waals surface area contributed by atoms with Crippen molar-refractivity contribution in [2.75, 3.05) is 5.32 Å². The van der Waals surface area contributed by atoms with Crippen molar-refractivity contribution in [2.45, 2.75) is 32.7 Å². The van der Waals surface area contributed by atoms with E-state index in [2.05, 4.69) is 10.3 Å². The van der Waals surface area contributed by atoms with Gasteiger partial charge in [0.1, 0.15) is 11.6 Å². The molecule has 0 aliphatic rings. The van der Waals surface area contributed by atoms with Crippen molar-refractivity contribution in [3.63, 3.8) is 0 Å². The molecule has 0 fully saturated rings. The summed E-state index contributed by atoms with van der Waals surface area (Å²) in [6.07, 6.45) is 3.28. The average Bonchev–Trinajstić information content (AvgIpc) is 2.92. The van der Waals surface area contributed by atoms with Crippen LogP contribution in [0.2, 0.25) is 0 Å². The molecule has 106 valence electrons. The maximum absolute atomic E-state index is 11.2. The Morgan fingerprint density at radius 3 is 2.90 bits per heavy atom. The van der Waals surface area contributed by atoms with Gasteiger partial charge in [-0.3, -0.25) is 0 Å². The molecule has 0 aromatic carbocycles. The van der Waals surface area contributed by atoms with Crippen LogP contribution in [0.5, 0.6) is 0 Å². The van der Waals surface area contributed by atoms with E-state index in [0.717, 1.165) is 24.3 Å². The minimum atomic E-state index is -0.946. The van der Waals surface area contributed by atoms with E-state index in [1.165, 1.54) is 0 Å². The first-order valence-electron chi connectivity index (χ1n) is 6.64. The summed E-state index contributed by atoms with van der Waals surface area (Å²) < 4.78 is 5.32. The molecular formula is C15H18N2O3. The van der Waals surface area contributed by atoms with Crippen LogP contribution in [0.15, 0.2) is 34.9 Å². The van der Waals surface area contributed by atoms with E-state index >= 15 is 0 Å². The molecule has 5 heteroatoms. The number of aromatic nitrogens is 1. The molecule has 0 spiro atoms. The summed E-state index contributed by atoms with van der Waals surface area (Å²) in [4.78, 5) is 15.6. The van der Waals surface area contributed by atoms with Crippen molar-refractivity contribution in [3.05, 3.63) is 47.5 Å². The molecule has 5 nitrogen and oxygen atoms in total. The third kappa shape index (κ3) is 3.38. The second-order valence-electron chi connectivity index (χ2n) is 4.67. The van der Waals surface area contributed by atoms with E-state index in [1.54, 1.807) is 18.4 Å². The number of hydrogen-bond acceptors (Lipinski definition) is 4. The Labute approximate surface area is 117 Å². The standard InChI is InChI=1S/C15H18N2O3/c1-3-5-12-8-11(15(18)19)9-14(17-12)16-10(2)13-6-4-7-20-13/h4,6-10H,3,5H2,1-2H3,(H,16,17)(H,18,19). The number of nitrogens with zero attached hydrogens (tertiary/aromatic N) is 1. The van der Waals surface area contributed by atoms with E-state index in [4.69, 9.17) is 9.52 Å². The summed E-state index contributed by atoms with van der Waals surface area (Å²) in [5, 5.41) is 12.3. The van der Waals surface area contributed by atoms with Crippen LogP contribution in [0.25, 0.3) is 0 Å². The maximum Gasteiger partial charge on any atom is 0.335 e. The molecule has 2 rings (SSSR count). The normalized spacial score (nSPS) is 12.1. The number of hydrogen-bond donors (Lipinski definition) is 2. The minimum absolute atomic E-state index is 0.0731. The van der Waals surface area contributed by atoms with E-state index in [-0.39, 0.29) is 11.6 Å². The zero-order valence-electron chi connectivity index (χ0n) is 11.6. The van der Waals surface area contributed by atoms with Crippen molar-refractivity contribution < 1.29 is 14.3 Å². The van der Waals surface area contributed by atoms with Crippen LogP contribution in [-0.2, 0) is 6.42 Å². The highest BCUT2D eigenvalue weighted by Crippen LogP contribution is 2.20. The third-order valence-electron chi connectivity index (χ3n) is 2.97. The lowest BCUT2D eigenvalue weighted by molar-refractivity contribution is 0.0696. The maximum atomic E-state index is 11.2. The molecule has 0 aliphatic carbocycles. The largest absolute Gasteiger partial charge is 0.478 e. The van der Waals surface area contributed by atoms with Gasteiger partial charge in [-0.15, -0.1) is 0 Å². The fourth-order valence-corrected chi connectivity index (χ4v) is 2.00. The Balaban J connectivity index is 2.23. The lowest BCUT2D eigenvalue weighted by atomic mass is 10.1. The van der Waals surface area contributed by atoms with Crippen LogP contribution >= 0.6 is 0 Å². The van der Waals surface area contributed by atoms with Gasteiger partial charge in [0.2, 0.25) is 0 Å². The van der Waals surface area contributed by atoms with Crippen molar-refractivity contribution >= 4 is 11.8 Å². The van der Waals surface area contributed by atoms with E-state index in [0.29, 0.717) is 5.82 Å². The molecule has 0 saturated carbocycles. The quantitative estimate of drug-likeness (QED) is 0.843. The van der Waals surface area contributed by atoms with Crippen molar-refractivity contribution in [2.24, 2.45) is 0 Å². The van der Waals surface area contributed by atoms with E-state index in [1.807, 2.05) is 26.0 Å². The highest BCUT2D eigenvalue weighted by atomic mass is 16.4. The number of rotatable bonds is 6. The van der Waals surface area contributed by atoms with Crippen LogP contribution in [0.1, 0.15) is 48.1 Å². The van der Waals surface area contributed by atoms with Crippen LogP contribution in [0, 0.1) is 0 Å². The smallest absolute Gasteiger partial charge is 0.335 e. The third-order valence-corrected chi connectivity index (χ3v) is 2.97. The van der Waals surface area contributed by atoms with Gasteiger partial charge >= 0.3 is 5.97 Å².